The standard InChI is InChI=1S/C21H32O4/c1-24-17-13-8-6-4-2-3-5-7-12-16-20(22)21(23)25-18-19-14-10-9-11-15-19/h9-11,14-15H,2-8,12-13,16-18H2,1H3. The molecule has 4 heteroatoms. The van der Waals surface area contributed by atoms with Gasteiger partial charge in [-0.1, -0.05) is 75.3 Å². The van der Waals surface area contributed by atoms with Gasteiger partial charge in [0, 0.05) is 20.1 Å². The van der Waals surface area contributed by atoms with Crippen molar-refractivity contribution >= 4 is 11.8 Å². The van der Waals surface area contributed by atoms with Crippen molar-refractivity contribution in [3.8, 4) is 0 Å². The number of methoxy groups -OCH3 is 1. The van der Waals surface area contributed by atoms with E-state index in [4.69, 9.17) is 9.47 Å². The molecule has 1 rings (SSSR count). The molecular weight excluding hydrogens is 316 g/mol. The van der Waals surface area contributed by atoms with Crippen LogP contribution >= 0.6 is 0 Å². The van der Waals surface area contributed by atoms with Crippen molar-refractivity contribution in [1.82, 2.24) is 0 Å². The van der Waals surface area contributed by atoms with E-state index in [9.17, 15) is 9.59 Å². The van der Waals surface area contributed by atoms with Gasteiger partial charge in [0.25, 0.3) is 0 Å². The van der Waals surface area contributed by atoms with E-state index in [0.717, 1.165) is 37.9 Å². The summed E-state index contributed by atoms with van der Waals surface area (Å²) in [6, 6.07) is 9.40. The Bertz CT molecular complexity index is 470. The van der Waals surface area contributed by atoms with Gasteiger partial charge in [-0.2, -0.15) is 0 Å². The van der Waals surface area contributed by atoms with Gasteiger partial charge in [-0.05, 0) is 18.4 Å². The zero-order chi connectivity index (χ0) is 18.2. The lowest BCUT2D eigenvalue weighted by molar-refractivity contribution is -0.154. The first-order chi connectivity index (χ1) is 12.2. The highest BCUT2D eigenvalue weighted by Gasteiger charge is 2.14. The van der Waals surface area contributed by atoms with E-state index in [0.29, 0.717) is 6.42 Å². The second-order valence-electron chi connectivity index (χ2n) is 6.41. The van der Waals surface area contributed by atoms with E-state index in [2.05, 4.69) is 0 Å². The Hall–Kier alpha value is -1.68. The summed E-state index contributed by atoms with van der Waals surface area (Å²) in [6.45, 7) is 1.03. The van der Waals surface area contributed by atoms with Crippen LogP contribution < -0.4 is 0 Å². The molecule has 0 atom stereocenters. The monoisotopic (exact) mass is 348 g/mol. The molecule has 0 aliphatic carbocycles. The van der Waals surface area contributed by atoms with Crippen molar-refractivity contribution < 1.29 is 19.1 Å². The zero-order valence-corrected chi connectivity index (χ0v) is 15.5. The summed E-state index contributed by atoms with van der Waals surface area (Å²) in [5.41, 5.74) is 0.894. The molecule has 0 unspecified atom stereocenters. The molecule has 0 heterocycles. The highest BCUT2D eigenvalue weighted by molar-refractivity contribution is 6.33. The van der Waals surface area contributed by atoms with Gasteiger partial charge in [-0.15, -0.1) is 0 Å². The van der Waals surface area contributed by atoms with Crippen LogP contribution in [0, 0.1) is 0 Å². The van der Waals surface area contributed by atoms with Gasteiger partial charge in [0.2, 0.25) is 5.78 Å². The van der Waals surface area contributed by atoms with Gasteiger partial charge in [-0.25, -0.2) is 4.79 Å². The lowest BCUT2D eigenvalue weighted by Crippen LogP contribution is -2.17. The van der Waals surface area contributed by atoms with Crippen LogP contribution in [0.25, 0.3) is 0 Å². The average molecular weight is 348 g/mol. The molecule has 0 N–H and O–H groups in total. The first kappa shape index (κ1) is 21.4. The smallest absolute Gasteiger partial charge is 0.374 e. The topological polar surface area (TPSA) is 52.6 Å². The number of ether oxygens (including phenoxy) is 2. The van der Waals surface area contributed by atoms with Crippen LogP contribution in [0.15, 0.2) is 30.3 Å². The maximum absolute atomic E-state index is 11.7. The fraction of sp³-hybridized carbons (Fsp3) is 0.619. The van der Waals surface area contributed by atoms with E-state index < -0.39 is 11.8 Å². The van der Waals surface area contributed by atoms with Crippen molar-refractivity contribution in [3.05, 3.63) is 35.9 Å². The molecule has 0 aromatic heterocycles. The Morgan fingerprint density at radius 3 is 1.96 bits per heavy atom. The van der Waals surface area contributed by atoms with Crippen LogP contribution in [-0.2, 0) is 25.7 Å². The molecule has 0 aliphatic heterocycles. The SMILES string of the molecule is COCCCCCCCCCCCC(=O)C(=O)OCc1ccccc1. The fourth-order valence-corrected chi connectivity index (χ4v) is 2.68. The Kier molecular flexibility index (Phi) is 12.5. The van der Waals surface area contributed by atoms with Crippen molar-refractivity contribution in [1.29, 1.82) is 0 Å². The molecule has 140 valence electrons. The second-order valence-corrected chi connectivity index (χ2v) is 6.41. The summed E-state index contributed by atoms with van der Waals surface area (Å²) >= 11 is 0. The van der Waals surface area contributed by atoms with Gasteiger partial charge in [0.1, 0.15) is 6.61 Å². The number of benzene rings is 1. The molecule has 0 aliphatic rings. The first-order valence-electron chi connectivity index (χ1n) is 9.47. The van der Waals surface area contributed by atoms with Crippen molar-refractivity contribution in [2.75, 3.05) is 13.7 Å². The van der Waals surface area contributed by atoms with Crippen LogP contribution in [0.2, 0.25) is 0 Å². The molecular formula is C21H32O4. The van der Waals surface area contributed by atoms with Crippen LogP contribution in [0.1, 0.15) is 69.8 Å². The third-order valence-corrected chi connectivity index (χ3v) is 4.19. The molecule has 0 amide bonds. The fourth-order valence-electron chi connectivity index (χ4n) is 2.68. The molecule has 0 saturated carbocycles. The lowest BCUT2D eigenvalue weighted by Gasteiger charge is -2.04. The number of hydrogen-bond donors (Lipinski definition) is 0. The van der Waals surface area contributed by atoms with Gasteiger partial charge in [0.05, 0.1) is 0 Å². The molecule has 25 heavy (non-hydrogen) atoms. The number of carbonyl (C=O) groups is 2. The minimum absolute atomic E-state index is 0.162. The Morgan fingerprint density at radius 2 is 1.36 bits per heavy atom. The normalized spacial score (nSPS) is 10.6. The summed E-state index contributed by atoms with van der Waals surface area (Å²) in [7, 11) is 1.74. The van der Waals surface area contributed by atoms with Gasteiger partial charge < -0.3 is 9.47 Å². The third-order valence-electron chi connectivity index (χ3n) is 4.19. The zero-order valence-electron chi connectivity index (χ0n) is 15.5. The molecule has 4 nitrogen and oxygen atoms in total. The molecule has 1 aromatic carbocycles. The van der Waals surface area contributed by atoms with Crippen LogP contribution in [0.3, 0.4) is 0 Å². The number of hydrogen-bond acceptors (Lipinski definition) is 4. The van der Waals surface area contributed by atoms with E-state index in [1.807, 2.05) is 30.3 Å². The predicted molar refractivity (Wildman–Crippen MR) is 99.3 cm³/mol. The number of ketones is 1. The van der Waals surface area contributed by atoms with Crippen molar-refractivity contribution in [3.63, 3.8) is 0 Å². The molecule has 0 radical (unpaired) electrons. The number of carbonyl (C=O) groups excluding carboxylic acids is 2. The van der Waals surface area contributed by atoms with Crippen LogP contribution in [0.4, 0.5) is 0 Å². The summed E-state index contributed by atoms with van der Waals surface area (Å²) in [5, 5.41) is 0. The average Bonchev–Trinajstić information content (AvgIpc) is 2.64. The minimum Gasteiger partial charge on any atom is -0.455 e. The Labute approximate surface area is 151 Å². The molecule has 0 saturated heterocycles. The highest BCUT2D eigenvalue weighted by Crippen LogP contribution is 2.11. The molecule has 0 spiro atoms. The summed E-state index contributed by atoms with van der Waals surface area (Å²) in [6.07, 6.45) is 10.6. The number of unbranched alkanes of at least 4 members (excludes halogenated alkanes) is 8. The van der Waals surface area contributed by atoms with Crippen molar-refractivity contribution in [2.24, 2.45) is 0 Å². The molecule has 1 aromatic rings. The van der Waals surface area contributed by atoms with Crippen LogP contribution in [-0.4, -0.2) is 25.5 Å². The van der Waals surface area contributed by atoms with Gasteiger partial charge in [-0.3, -0.25) is 4.79 Å². The first-order valence-corrected chi connectivity index (χ1v) is 9.47. The van der Waals surface area contributed by atoms with E-state index in [-0.39, 0.29) is 6.61 Å². The van der Waals surface area contributed by atoms with E-state index in [1.165, 1.54) is 32.1 Å². The highest BCUT2D eigenvalue weighted by atomic mass is 16.5. The van der Waals surface area contributed by atoms with Crippen molar-refractivity contribution in [2.45, 2.75) is 70.8 Å². The summed E-state index contributed by atoms with van der Waals surface area (Å²) in [5.74, 6) is -1.12. The van der Waals surface area contributed by atoms with E-state index >= 15 is 0 Å². The van der Waals surface area contributed by atoms with E-state index in [1.54, 1.807) is 7.11 Å². The molecule has 0 bridgehead atoms. The van der Waals surface area contributed by atoms with Crippen LogP contribution in [0.5, 0.6) is 0 Å². The lowest BCUT2D eigenvalue weighted by atomic mass is 10.1. The molecule has 0 fully saturated rings. The van der Waals surface area contributed by atoms with Gasteiger partial charge in [0.15, 0.2) is 0 Å². The number of Topliss-reactive ketones (excluding diaryl/α,β-unsaturated/α-hetero) is 1. The minimum atomic E-state index is -0.708. The Morgan fingerprint density at radius 1 is 0.800 bits per heavy atom. The quantitative estimate of drug-likeness (QED) is 0.258. The maximum atomic E-state index is 11.7. The summed E-state index contributed by atoms with van der Waals surface area (Å²) in [4.78, 5) is 23.4. The predicted octanol–water partition coefficient (Wildman–Crippen LogP) is 4.85. The largest absolute Gasteiger partial charge is 0.455 e. The Balaban J connectivity index is 1.93. The number of rotatable bonds is 15. The van der Waals surface area contributed by atoms with Gasteiger partial charge >= 0.3 is 5.97 Å². The summed E-state index contributed by atoms with van der Waals surface area (Å²) < 4.78 is 10.1. The maximum Gasteiger partial charge on any atom is 0.374 e. The third kappa shape index (κ3) is 11.5. The second kappa shape index (κ2) is 14.6. The number of esters is 1.